The van der Waals surface area contributed by atoms with Crippen molar-refractivity contribution in [2.45, 2.75) is 57.6 Å². The van der Waals surface area contributed by atoms with E-state index in [0.717, 1.165) is 72.1 Å². The Labute approximate surface area is 206 Å². The fourth-order valence-corrected chi connectivity index (χ4v) is 5.29. The van der Waals surface area contributed by atoms with Gasteiger partial charge in [0.2, 0.25) is 0 Å². The van der Waals surface area contributed by atoms with Crippen molar-refractivity contribution in [1.29, 1.82) is 0 Å². The zero-order valence-electron chi connectivity index (χ0n) is 20.4. The van der Waals surface area contributed by atoms with Crippen molar-refractivity contribution in [3.63, 3.8) is 0 Å². The second kappa shape index (κ2) is 10.7. The maximum Gasteiger partial charge on any atom is 0.325 e. The number of carboxylic acid groups (broad SMARTS) is 1. The van der Waals surface area contributed by atoms with E-state index in [1.807, 2.05) is 30.0 Å². The number of carbonyl (C=O) groups is 1. The van der Waals surface area contributed by atoms with Gasteiger partial charge in [-0.25, -0.2) is 4.98 Å². The number of aromatic nitrogens is 2. The Balaban J connectivity index is 1.06. The summed E-state index contributed by atoms with van der Waals surface area (Å²) in [7, 11) is 0. The number of benzene rings is 1. The number of hydrogen-bond acceptors (Lipinski definition) is 6. The molecule has 2 aliphatic heterocycles. The van der Waals surface area contributed by atoms with Crippen molar-refractivity contribution >= 4 is 22.6 Å². The molecule has 4 heterocycles. The number of rotatable bonds is 10. The summed E-state index contributed by atoms with van der Waals surface area (Å²) in [5.74, 6) is 0.250. The summed E-state index contributed by atoms with van der Waals surface area (Å²) in [4.78, 5) is 23.2. The lowest BCUT2D eigenvalue weighted by Gasteiger charge is -2.42. The van der Waals surface area contributed by atoms with E-state index in [0.29, 0.717) is 19.7 Å². The number of pyridine rings is 2. The minimum Gasteiger partial charge on any atom is -0.480 e. The smallest absolute Gasteiger partial charge is 0.325 e. The number of likely N-dealkylation sites (tertiary alicyclic amines) is 1. The van der Waals surface area contributed by atoms with E-state index < -0.39 is 12.0 Å². The molecule has 1 saturated heterocycles. The van der Waals surface area contributed by atoms with E-state index in [9.17, 15) is 9.90 Å². The first-order chi connectivity index (χ1) is 17.1. The van der Waals surface area contributed by atoms with Crippen LogP contribution >= 0.6 is 0 Å². The molecule has 3 aromatic rings. The molecule has 184 valence electrons. The van der Waals surface area contributed by atoms with Crippen molar-refractivity contribution in [3.8, 4) is 0 Å². The summed E-state index contributed by atoms with van der Waals surface area (Å²) in [6, 6.07) is 9.54. The van der Waals surface area contributed by atoms with E-state index in [4.69, 9.17) is 9.72 Å². The van der Waals surface area contributed by atoms with Crippen LogP contribution in [0.5, 0.6) is 0 Å². The minimum absolute atomic E-state index is 0.1000. The number of unbranched alkanes of at least 4 members (excludes halogenated alkanes) is 2. The van der Waals surface area contributed by atoms with Gasteiger partial charge in [0.15, 0.2) is 0 Å². The van der Waals surface area contributed by atoms with Crippen LogP contribution in [-0.2, 0) is 22.4 Å². The highest BCUT2D eigenvalue weighted by Crippen LogP contribution is 2.33. The predicted molar refractivity (Wildman–Crippen MR) is 137 cm³/mol. The van der Waals surface area contributed by atoms with Gasteiger partial charge in [-0.05, 0) is 67.2 Å². The lowest BCUT2D eigenvalue weighted by molar-refractivity contribution is -0.150. The van der Waals surface area contributed by atoms with Crippen LogP contribution in [0.3, 0.4) is 0 Å². The van der Waals surface area contributed by atoms with Gasteiger partial charge in [-0.1, -0.05) is 30.7 Å². The van der Waals surface area contributed by atoms with Crippen LogP contribution in [0.25, 0.3) is 10.8 Å². The van der Waals surface area contributed by atoms with Crippen LogP contribution in [0.4, 0.5) is 5.82 Å². The molecule has 5 rings (SSSR count). The molecule has 1 atom stereocenters. The zero-order valence-corrected chi connectivity index (χ0v) is 20.4. The molecule has 35 heavy (non-hydrogen) atoms. The third kappa shape index (κ3) is 5.31. The van der Waals surface area contributed by atoms with Gasteiger partial charge in [0.1, 0.15) is 11.9 Å². The summed E-state index contributed by atoms with van der Waals surface area (Å²) >= 11 is 0. The zero-order chi connectivity index (χ0) is 24.2. The first-order valence-electron chi connectivity index (χ1n) is 12.7. The number of fused-ring (bicyclic) bond motifs is 2. The Morgan fingerprint density at radius 2 is 2.09 bits per heavy atom. The highest BCUT2D eigenvalue weighted by atomic mass is 16.5. The standard InChI is InChI=1S/C28H34N4O3/c1-19-15-29-16-21-7-5-10-24(25(19)21)26(28(33)34)32-17-23(18-32)35-14-4-2-3-9-22-12-11-20-8-6-13-30-27(20)31-22/h5,7,10-12,15-16,23,26H,2-4,6,8-9,13-14,17-18H2,1H3,(H,30,31)(H,33,34). The van der Waals surface area contributed by atoms with Gasteiger partial charge in [-0.2, -0.15) is 0 Å². The van der Waals surface area contributed by atoms with Crippen LogP contribution < -0.4 is 5.32 Å². The Morgan fingerprint density at radius 3 is 2.94 bits per heavy atom. The fraction of sp³-hybridized carbons (Fsp3) is 0.464. The fourth-order valence-electron chi connectivity index (χ4n) is 5.29. The van der Waals surface area contributed by atoms with E-state index in [-0.39, 0.29) is 6.10 Å². The third-order valence-corrected chi connectivity index (χ3v) is 7.16. The number of hydrogen-bond donors (Lipinski definition) is 2. The normalized spacial score (nSPS) is 16.9. The molecule has 7 heteroatoms. The van der Waals surface area contributed by atoms with Gasteiger partial charge in [-0.3, -0.25) is 14.7 Å². The molecule has 0 saturated carbocycles. The Hall–Kier alpha value is -3.03. The van der Waals surface area contributed by atoms with E-state index >= 15 is 0 Å². The molecule has 0 spiro atoms. The molecule has 0 bridgehead atoms. The largest absolute Gasteiger partial charge is 0.480 e. The molecular weight excluding hydrogens is 440 g/mol. The van der Waals surface area contributed by atoms with Crippen LogP contribution in [0, 0.1) is 6.92 Å². The third-order valence-electron chi connectivity index (χ3n) is 7.16. The van der Waals surface area contributed by atoms with Crippen molar-refractivity contribution < 1.29 is 14.6 Å². The van der Waals surface area contributed by atoms with Crippen molar-refractivity contribution in [1.82, 2.24) is 14.9 Å². The maximum absolute atomic E-state index is 12.2. The van der Waals surface area contributed by atoms with Gasteiger partial charge in [-0.15, -0.1) is 0 Å². The molecule has 2 aromatic heterocycles. The molecule has 1 aromatic carbocycles. The minimum atomic E-state index is -0.821. The number of carboxylic acids is 1. The number of aryl methyl sites for hydroxylation is 3. The monoisotopic (exact) mass is 474 g/mol. The van der Waals surface area contributed by atoms with Crippen LogP contribution in [0.1, 0.15) is 54.1 Å². The number of aliphatic carboxylic acids is 1. The van der Waals surface area contributed by atoms with E-state index in [1.54, 1.807) is 12.4 Å². The molecule has 0 aliphatic carbocycles. The molecule has 1 unspecified atom stereocenters. The Morgan fingerprint density at radius 1 is 1.20 bits per heavy atom. The molecular formula is C28H34N4O3. The predicted octanol–water partition coefficient (Wildman–Crippen LogP) is 4.54. The number of anilines is 1. The van der Waals surface area contributed by atoms with Crippen molar-refractivity contribution in [3.05, 3.63) is 65.1 Å². The first kappa shape index (κ1) is 23.7. The summed E-state index contributed by atoms with van der Waals surface area (Å²) in [6.45, 7) is 5.01. The summed E-state index contributed by atoms with van der Waals surface area (Å²) in [6.07, 6.45) is 10.2. The Bertz CT molecular complexity index is 1190. The lowest BCUT2D eigenvalue weighted by Crippen LogP contribution is -2.55. The van der Waals surface area contributed by atoms with Crippen molar-refractivity contribution in [2.75, 3.05) is 31.6 Å². The van der Waals surface area contributed by atoms with E-state index in [1.165, 1.54) is 12.0 Å². The van der Waals surface area contributed by atoms with Crippen LogP contribution in [-0.4, -0.2) is 58.3 Å². The highest BCUT2D eigenvalue weighted by Gasteiger charge is 2.38. The van der Waals surface area contributed by atoms with Gasteiger partial charge in [0.25, 0.3) is 0 Å². The summed E-state index contributed by atoms with van der Waals surface area (Å²) in [5.41, 5.74) is 4.33. The van der Waals surface area contributed by atoms with Crippen LogP contribution in [0.2, 0.25) is 0 Å². The highest BCUT2D eigenvalue weighted by molar-refractivity contribution is 5.92. The van der Waals surface area contributed by atoms with Crippen LogP contribution in [0.15, 0.2) is 42.7 Å². The molecule has 0 radical (unpaired) electrons. The summed E-state index contributed by atoms with van der Waals surface area (Å²) in [5, 5.41) is 15.4. The molecule has 1 fully saturated rings. The Kier molecular flexibility index (Phi) is 7.25. The van der Waals surface area contributed by atoms with Gasteiger partial charge in [0.05, 0.1) is 6.10 Å². The first-order valence-corrected chi connectivity index (χ1v) is 12.7. The maximum atomic E-state index is 12.2. The number of ether oxygens (including phenoxy) is 1. The molecule has 0 amide bonds. The summed E-state index contributed by atoms with van der Waals surface area (Å²) < 4.78 is 6.04. The lowest BCUT2D eigenvalue weighted by atomic mass is 9.94. The second-order valence-corrected chi connectivity index (χ2v) is 9.74. The number of nitrogens with zero attached hydrogens (tertiary/aromatic N) is 3. The molecule has 2 N–H and O–H groups in total. The van der Waals surface area contributed by atoms with Crippen molar-refractivity contribution in [2.24, 2.45) is 0 Å². The average Bonchev–Trinajstić information content (AvgIpc) is 2.84. The van der Waals surface area contributed by atoms with Gasteiger partial charge >= 0.3 is 5.97 Å². The molecule has 2 aliphatic rings. The molecule has 7 nitrogen and oxygen atoms in total. The van der Waals surface area contributed by atoms with Gasteiger partial charge in [0, 0.05) is 49.7 Å². The van der Waals surface area contributed by atoms with E-state index in [2.05, 4.69) is 22.4 Å². The SMILES string of the molecule is Cc1cncc2cccc(C(C(=O)O)N3CC(OCCCCCc4ccc5c(n4)NCCC5)C3)c12. The second-order valence-electron chi connectivity index (χ2n) is 9.74. The van der Waals surface area contributed by atoms with Gasteiger partial charge < -0.3 is 15.2 Å². The average molecular weight is 475 g/mol. The topological polar surface area (TPSA) is 87.6 Å². The quantitative estimate of drug-likeness (QED) is 0.417. The number of nitrogens with one attached hydrogen (secondary N) is 1.